The first kappa shape index (κ1) is 19.4. The van der Waals surface area contributed by atoms with Crippen molar-refractivity contribution in [3.63, 3.8) is 0 Å². The average Bonchev–Trinajstić information content (AvgIpc) is 2.84. The van der Waals surface area contributed by atoms with Crippen LogP contribution in [0.5, 0.6) is 11.5 Å². The number of fused-ring (bicyclic) bond motifs is 3. The molecule has 4 aromatic rings. The van der Waals surface area contributed by atoms with Crippen LogP contribution in [-0.4, -0.2) is 18.7 Å². The van der Waals surface area contributed by atoms with Gasteiger partial charge in [0.15, 0.2) is 0 Å². The number of ether oxygens (including phenoxy) is 2. The zero-order valence-corrected chi connectivity index (χ0v) is 17.5. The van der Waals surface area contributed by atoms with Gasteiger partial charge in [-0.3, -0.25) is 9.69 Å². The third kappa shape index (κ3) is 3.37. The fourth-order valence-electron chi connectivity index (χ4n) is 4.17. The van der Waals surface area contributed by atoms with Crippen molar-refractivity contribution in [2.75, 3.05) is 13.8 Å². The van der Waals surface area contributed by atoms with Crippen LogP contribution in [0.4, 0.5) is 0 Å². The molecule has 0 saturated carbocycles. The SMILES string of the molecule is COc1ccccc1-c1coc2c3c(ccc2c1=O)OCN(C(C)c1ccccc1)C3. The lowest BCUT2D eigenvalue weighted by Gasteiger charge is -2.34. The largest absolute Gasteiger partial charge is 0.496 e. The van der Waals surface area contributed by atoms with Crippen LogP contribution in [0.1, 0.15) is 24.1 Å². The van der Waals surface area contributed by atoms with Crippen LogP contribution in [0.2, 0.25) is 0 Å². The fourth-order valence-corrected chi connectivity index (χ4v) is 4.17. The Bertz CT molecular complexity index is 1300. The van der Waals surface area contributed by atoms with Gasteiger partial charge in [0, 0.05) is 18.2 Å². The van der Waals surface area contributed by atoms with Gasteiger partial charge >= 0.3 is 0 Å². The standard InChI is InChI=1S/C26H23NO4/c1-17(18-8-4-3-5-9-18)27-14-21-24(31-16-27)13-12-20-25(28)22(15-30-26(20)21)19-10-6-7-11-23(19)29-2/h3-13,15,17H,14,16H2,1-2H3. The number of methoxy groups -OCH3 is 1. The predicted molar refractivity (Wildman–Crippen MR) is 120 cm³/mol. The van der Waals surface area contributed by atoms with Gasteiger partial charge in [0.1, 0.15) is 30.1 Å². The highest BCUT2D eigenvalue weighted by Gasteiger charge is 2.26. The highest BCUT2D eigenvalue weighted by atomic mass is 16.5. The summed E-state index contributed by atoms with van der Waals surface area (Å²) in [6.45, 7) is 3.28. The number of benzene rings is 3. The lowest BCUT2D eigenvalue weighted by Crippen LogP contribution is -2.34. The first-order chi connectivity index (χ1) is 15.2. The average molecular weight is 413 g/mol. The highest BCUT2D eigenvalue weighted by Crippen LogP contribution is 2.36. The van der Waals surface area contributed by atoms with E-state index < -0.39 is 0 Å². The second kappa shape index (κ2) is 7.93. The topological polar surface area (TPSA) is 51.9 Å². The molecule has 0 spiro atoms. The molecule has 0 aliphatic carbocycles. The van der Waals surface area contributed by atoms with Crippen LogP contribution in [0.3, 0.4) is 0 Å². The molecule has 1 aliphatic rings. The van der Waals surface area contributed by atoms with Gasteiger partial charge in [-0.1, -0.05) is 48.5 Å². The number of para-hydroxylation sites is 1. The first-order valence-corrected chi connectivity index (χ1v) is 10.3. The molecule has 0 radical (unpaired) electrons. The summed E-state index contributed by atoms with van der Waals surface area (Å²) < 4.78 is 17.5. The Morgan fingerprint density at radius 3 is 2.55 bits per heavy atom. The van der Waals surface area contributed by atoms with E-state index in [0.717, 1.165) is 11.3 Å². The van der Waals surface area contributed by atoms with E-state index >= 15 is 0 Å². The lowest BCUT2D eigenvalue weighted by molar-refractivity contribution is 0.0620. The molecule has 3 aromatic carbocycles. The second-order valence-electron chi connectivity index (χ2n) is 7.70. The maximum atomic E-state index is 13.3. The van der Waals surface area contributed by atoms with Crippen molar-refractivity contribution in [2.45, 2.75) is 19.5 Å². The molecular formula is C26H23NO4. The Labute approximate surface area is 180 Å². The molecule has 2 heterocycles. The molecule has 0 N–H and O–H groups in total. The molecule has 156 valence electrons. The second-order valence-corrected chi connectivity index (χ2v) is 7.70. The number of hydrogen-bond donors (Lipinski definition) is 0. The molecule has 1 aliphatic heterocycles. The lowest BCUT2D eigenvalue weighted by atomic mass is 10.0. The quantitative estimate of drug-likeness (QED) is 0.449. The predicted octanol–water partition coefficient (Wildman–Crippen LogP) is 5.38. The molecule has 0 amide bonds. The van der Waals surface area contributed by atoms with Crippen molar-refractivity contribution in [3.8, 4) is 22.6 Å². The molecule has 5 heteroatoms. The van der Waals surface area contributed by atoms with Gasteiger partial charge in [-0.25, -0.2) is 0 Å². The van der Waals surface area contributed by atoms with Gasteiger partial charge < -0.3 is 13.9 Å². The van der Waals surface area contributed by atoms with E-state index in [-0.39, 0.29) is 11.5 Å². The minimum atomic E-state index is -0.0817. The van der Waals surface area contributed by atoms with E-state index in [2.05, 4.69) is 24.0 Å². The smallest absolute Gasteiger partial charge is 0.200 e. The van der Waals surface area contributed by atoms with Crippen molar-refractivity contribution in [2.24, 2.45) is 0 Å². The molecule has 5 rings (SSSR count). The van der Waals surface area contributed by atoms with Crippen LogP contribution in [0, 0.1) is 0 Å². The summed E-state index contributed by atoms with van der Waals surface area (Å²) in [7, 11) is 1.59. The summed E-state index contributed by atoms with van der Waals surface area (Å²) in [6.07, 6.45) is 1.53. The molecule has 0 bridgehead atoms. The monoisotopic (exact) mass is 413 g/mol. The van der Waals surface area contributed by atoms with Crippen LogP contribution in [-0.2, 0) is 6.54 Å². The zero-order valence-electron chi connectivity index (χ0n) is 17.5. The van der Waals surface area contributed by atoms with E-state index in [1.807, 2.05) is 48.5 Å². The minimum Gasteiger partial charge on any atom is -0.496 e. The Hall–Kier alpha value is -3.57. The molecule has 5 nitrogen and oxygen atoms in total. The van der Waals surface area contributed by atoms with Crippen molar-refractivity contribution < 1.29 is 13.9 Å². The first-order valence-electron chi connectivity index (χ1n) is 10.3. The third-order valence-corrected chi connectivity index (χ3v) is 5.98. The summed E-state index contributed by atoms with van der Waals surface area (Å²) in [4.78, 5) is 15.6. The number of rotatable bonds is 4. The van der Waals surface area contributed by atoms with Crippen LogP contribution < -0.4 is 14.9 Å². The Balaban J connectivity index is 1.57. The fraction of sp³-hybridized carbons (Fsp3) is 0.192. The van der Waals surface area contributed by atoms with Crippen molar-refractivity contribution in [3.05, 3.63) is 94.3 Å². The Kier molecular flexibility index (Phi) is 4.96. The molecule has 1 atom stereocenters. The van der Waals surface area contributed by atoms with Gasteiger partial charge in [-0.2, -0.15) is 0 Å². The summed E-state index contributed by atoms with van der Waals surface area (Å²) in [5, 5.41) is 0.542. The molecular weight excluding hydrogens is 390 g/mol. The van der Waals surface area contributed by atoms with Gasteiger partial charge in [-0.05, 0) is 30.7 Å². The van der Waals surface area contributed by atoms with Crippen LogP contribution in [0.25, 0.3) is 22.1 Å². The number of nitrogens with zero attached hydrogens (tertiary/aromatic N) is 1. The normalized spacial score (nSPS) is 14.6. The minimum absolute atomic E-state index is 0.0817. The molecule has 1 aromatic heterocycles. The van der Waals surface area contributed by atoms with Gasteiger partial charge in [-0.15, -0.1) is 0 Å². The third-order valence-electron chi connectivity index (χ3n) is 5.98. The Morgan fingerprint density at radius 1 is 0.968 bits per heavy atom. The van der Waals surface area contributed by atoms with Gasteiger partial charge in [0.25, 0.3) is 0 Å². The summed E-state index contributed by atoms with van der Waals surface area (Å²) in [5.41, 5.74) is 3.81. The molecule has 31 heavy (non-hydrogen) atoms. The Morgan fingerprint density at radius 2 is 1.74 bits per heavy atom. The van der Waals surface area contributed by atoms with E-state index in [1.165, 1.54) is 11.8 Å². The molecule has 0 saturated heterocycles. The van der Waals surface area contributed by atoms with Gasteiger partial charge in [0.05, 0.1) is 23.6 Å². The summed E-state index contributed by atoms with van der Waals surface area (Å²) in [6, 6.07) is 21.6. The van der Waals surface area contributed by atoms with Gasteiger partial charge in [0.2, 0.25) is 5.43 Å². The van der Waals surface area contributed by atoms with E-state index in [4.69, 9.17) is 13.9 Å². The summed E-state index contributed by atoms with van der Waals surface area (Å²) >= 11 is 0. The highest BCUT2D eigenvalue weighted by molar-refractivity contribution is 5.86. The van der Waals surface area contributed by atoms with E-state index in [0.29, 0.717) is 41.1 Å². The van der Waals surface area contributed by atoms with E-state index in [9.17, 15) is 4.79 Å². The van der Waals surface area contributed by atoms with E-state index in [1.54, 1.807) is 13.2 Å². The van der Waals surface area contributed by atoms with Crippen molar-refractivity contribution in [1.29, 1.82) is 0 Å². The van der Waals surface area contributed by atoms with Crippen LogP contribution in [0.15, 0.2) is 82.2 Å². The van der Waals surface area contributed by atoms with Crippen molar-refractivity contribution in [1.82, 2.24) is 4.90 Å². The molecule has 1 unspecified atom stereocenters. The summed E-state index contributed by atoms with van der Waals surface area (Å²) in [5.74, 6) is 1.40. The maximum Gasteiger partial charge on any atom is 0.200 e. The zero-order chi connectivity index (χ0) is 21.4. The maximum absolute atomic E-state index is 13.3. The number of hydrogen-bond acceptors (Lipinski definition) is 5. The molecule has 0 fully saturated rings. The van der Waals surface area contributed by atoms with Crippen LogP contribution >= 0.6 is 0 Å². The van der Waals surface area contributed by atoms with Crippen molar-refractivity contribution >= 4 is 11.0 Å².